The largest absolute Gasteiger partial charge is 0.454 e. The van der Waals surface area contributed by atoms with Crippen LogP contribution in [0.2, 0.25) is 0 Å². The molecule has 11 nitrogen and oxygen atoms in total. The minimum Gasteiger partial charge on any atom is -0.454 e. The number of nitro groups is 1. The first-order chi connectivity index (χ1) is 14.5. The standard InChI is InChI=1S/C18H14FN7O4/c19-13-3-1-12(2-4-13)8-25-11-20-18(23-25)22-17(27)16-6-5-15(30-16)10-24-9-14(7-21-24)26(28)29/h1-7,9,11H,8,10H2,(H,22,23,27). The van der Waals surface area contributed by atoms with E-state index in [0.717, 1.165) is 11.8 Å². The molecule has 0 unspecified atom stereocenters. The monoisotopic (exact) mass is 411 g/mol. The van der Waals surface area contributed by atoms with Gasteiger partial charge in [0.25, 0.3) is 5.91 Å². The first kappa shape index (κ1) is 19.0. The van der Waals surface area contributed by atoms with Gasteiger partial charge in [0, 0.05) is 0 Å². The van der Waals surface area contributed by atoms with Crippen molar-refractivity contribution in [1.29, 1.82) is 0 Å². The topological polar surface area (TPSA) is 134 Å². The van der Waals surface area contributed by atoms with E-state index in [1.54, 1.807) is 18.2 Å². The second-order valence-electron chi connectivity index (χ2n) is 6.27. The Kier molecular flexibility index (Phi) is 5.03. The Morgan fingerprint density at radius 3 is 2.70 bits per heavy atom. The van der Waals surface area contributed by atoms with Crippen molar-refractivity contribution in [1.82, 2.24) is 24.5 Å². The van der Waals surface area contributed by atoms with E-state index in [1.165, 1.54) is 40.1 Å². The maximum absolute atomic E-state index is 13.0. The number of furan rings is 1. The zero-order valence-corrected chi connectivity index (χ0v) is 15.3. The van der Waals surface area contributed by atoms with Gasteiger partial charge in [-0.25, -0.2) is 14.1 Å². The molecule has 0 saturated heterocycles. The van der Waals surface area contributed by atoms with Crippen LogP contribution in [0.25, 0.3) is 0 Å². The third-order valence-electron chi connectivity index (χ3n) is 4.05. The highest BCUT2D eigenvalue weighted by Crippen LogP contribution is 2.14. The van der Waals surface area contributed by atoms with E-state index >= 15 is 0 Å². The molecule has 0 aliphatic heterocycles. The van der Waals surface area contributed by atoms with E-state index in [2.05, 4.69) is 20.5 Å². The Morgan fingerprint density at radius 2 is 1.97 bits per heavy atom. The third kappa shape index (κ3) is 4.38. The van der Waals surface area contributed by atoms with Gasteiger partial charge in [0.15, 0.2) is 5.76 Å². The highest BCUT2D eigenvalue weighted by molar-refractivity contribution is 6.01. The number of carbonyl (C=O) groups excluding carboxylic acids is 1. The summed E-state index contributed by atoms with van der Waals surface area (Å²) >= 11 is 0. The second-order valence-corrected chi connectivity index (χ2v) is 6.27. The molecule has 3 heterocycles. The molecule has 1 amide bonds. The normalized spacial score (nSPS) is 10.8. The lowest BCUT2D eigenvalue weighted by molar-refractivity contribution is -0.385. The summed E-state index contributed by atoms with van der Waals surface area (Å²) < 4.78 is 21.3. The fraction of sp³-hybridized carbons (Fsp3) is 0.111. The van der Waals surface area contributed by atoms with E-state index in [-0.39, 0.29) is 29.8 Å². The Labute approximate surface area is 167 Å². The maximum Gasteiger partial charge on any atom is 0.307 e. The predicted octanol–water partition coefficient (Wildman–Crippen LogP) is 2.46. The molecule has 0 aliphatic rings. The van der Waals surface area contributed by atoms with Crippen molar-refractivity contribution < 1.29 is 18.5 Å². The van der Waals surface area contributed by atoms with Gasteiger partial charge < -0.3 is 4.42 Å². The van der Waals surface area contributed by atoms with Crippen LogP contribution in [-0.4, -0.2) is 35.4 Å². The van der Waals surface area contributed by atoms with Crippen molar-refractivity contribution >= 4 is 17.5 Å². The van der Waals surface area contributed by atoms with E-state index < -0.39 is 10.8 Å². The third-order valence-corrected chi connectivity index (χ3v) is 4.05. The molecule has 30 heavy (non-hydrogen) atoms. The average Bonchev–Trinajstić information content (AvgIpc) is 3.46. The van der Waals surface area contributed by atoms with E-state index in [9.17, 15) is 19.3 Å². The molecule has 1 aromatic carbocycles. The summed E-state index contributed by atoms with van der Waals surface area (Å²) in [5.41, 5.74) is 0.690. The van der Waals surface area contributed by atoms with Gasteiger partial charge in [-0.2, -0.15) is 5.10 Å². The van der Waals surface area contributed by atoms with Gasteiger partial charge in [-0.1, -0.05) is 12.1 Å². The van der Waals surface area contributed by atoms with Crippen LogP contribution in [0.3, 0.4) is 0 Å². The molecule has 0 fully saturated rings. The number of nitrogens with zero attached hydrogens (tertiary/aromatic N) is 6. The Hall–Kier alpha value is -4.35. The first-order valence-corrected chi connectivity index (χ1v) is 8.67. The van der Waals surface area contributed by atoms with Crippen molar-refractivity contribution in [2.45, 2.75) is 13.1 Å². The zero-order valence-electron chi connectivity index (χ0n) is 15.3. The number of amides is 1. The minimum absolute atomic E-state index is 0.0292. The van der Waals surface area contributed by atoms with Crippen LogP contribution in [-0.2, 0) is 13.1 Å². The first-order valence-electron chi connectivity index (χ1n) is 8.67. The Morgan fingerprint density at radius 1 is 1.17 bits per heavy atom. The molecular weight excluding hydrogens is 397 g/mol. The van der Waals surface area contributed by atoms with Crippen LogP contribution < -0.4 is 5.32 Å². The number of hydrogen-bond donors (Lipinski definition) is 1. The lowest BCUT2D eigenvalue weighted by Crippen LogP contribution is -2.12. The van der Waals surface area contributed by atoms with Crippen LogP contribution in [0.15, 0.2) is 59.5 Å². The maximum atomic E-state index is 13.0. The average molecular weight is 411 g/mol. The molecule has 1 N–H and O–H groups in total. The van der Waals surface area contributed by atoms with Gasteiger partial charge in [-0.05, 0) is 29.8 Å². The molecule has 4 rings (SSSR count). The van der Waals surface area contributed by atoms with Gasteiger partial charge in [-0.15, -0.1) is 5.10 Å². The van der Waals surface area contributed by atoms with E-state index in [1.807, 2.05) is 0 Å². The smallest absolute Gasteiger partial charge is 0.307 e. The number of hydrogen-bond acceptors (Lipinski definition) is 7. The fourth-order valence-electron chi connectivity index (χ4n) is 2.65. The zero-order chi connectivity index (χ0) is 21.1. The molecule has 0 aliphatic carbocycles. The Bertz CT molecular complexity index is 1200. The Balaban J connectivity index is 1.36. The summed E-state index contributed by atoms with van der Waals surface area (Å²) in [5.74, 6) is -0.363. The number of rotatable bonds is 7. The molecule has 12 heteroatoms. The van der Waals surface area contributed by atoms with Crippen LogP contribution in [0, 0.1) is 15.9 Å². The van der Waals surface area contributed by atoms with Crippen molar-refractivity contribution in [2.24, 2.45) is 0 Å². The number of benzene rings is 1. The number of aromatic nitrogens is 5. The van der Waals surface area contributed by atoms with Gasteiger partial charge in [0.2, 0.25) is 5.95 Å². The predicted molar refractivity (Wildman–Crippen MR) is 100 cm³/mol. The summed E-state index contributed by atoms with van der Waals surface area (Å²) in [6.07, 6.45) is 3.83. The SMILES string of the molecule is O=C(Nc1ncn(Cc2ccc(F)cc2)n1)c1ccc(Cn2cc([N+](=O)[O-])cn2)o1. The highest BCUT2D eigenvalue weighted by atomic mass is 19.1. The summed E-state index contributed by atoms with van der Waals surface area (Å²) in [7, 11) is 0. The van der Waals surface area contributed by atoms with Crippen LogP contribution in [0.5, 0.6) is 0 Å². The van der Waals surface area contributed by atoms with Crippen LogP contribution >= 0.6 is 0 Å². The number of halogens is 1. The molecular formula is C18H14FN7O4. The molecule has 152 valence electrons. The summed E-state index contributed by atoms with van der Waals surface area (Å²) in [4.78, 5) is 26.5. The second kappa shape index (κ2) is 7.95. The summed E-state index contributed by atoms with van der Waals surface area (Å²) in [6, 6.07) is 9.01. The molecule has 4 aromatic rings. The summed E-state index contributed by atoms with van der Waals surface area (Å²) in [5, 5.41) is 21.2. The lowest BCUT2D eigenvalue weighted by atomic mass is 10.2. The molecule has 0 radical (unpaired) electrons. The number of nitrogens with one attached hydrogen (secondary N) is 1. The van der Waals surface area contributed by atoms with Crippen molar-refractivity contribution in [3.63, 3.8) is 0 Å². The van der Waals surface area contributed by atoms with Gasteiger partial charge >= 0.3 is 5.69 Å². The van der Waals surface area contributed by atoms with Gasteiger partial charge in [0.05, 0.1) is 18.0 Å². The van der Waals surface area contributed by atoms with E-state index in [4.69, 9.17) is 4.42 Å². The fourth-order valence-corrected chi connectivity index (χ4v) is 2.65. The minimum atomic E-state index is -0.549. The van der Waals surface area contributed by atoms with Gasteiger partial charge in [0.1, 0.15) is 30.3 Å². The highest BCUT2D eigenvalue weighted by Gasteiger charge is 2.15. The van der Waals surface area contributed by atoms with Crippen molar-refractivity contribution in [2.75, 3.05) is 5.32 Å². The number of carbonyl (C=O) groups is 1. The number of anilines is 1. The lowest BCUT2D eigenvalue weighted by Gasteiger charge is -2.01. The van der Waals surface area contributed by atoms with Gasteiger partial charge in [-0.3, -0.25) is 24.9 Å². The van der Waals surface area contributed by atoms with Crippen molar-refractivity contribution in [3.8, 4) is 0 Å². The van der Waals surface area contributed by atoms with E-state index in [0.29, 0.717) is 12.3 Å². The van der Waals surface area contributed by atoms with Crippen LogP contribution in [0.4, 0.5) is 16.0 Å². The van der Waals surface area contributed by atoms with Crippen molar-refractivity contribution in [3.05, 3.63) is 88.1 Å². The molecule has 0 spiro atoms. The quantitative estimate of drug-likeness (QED) is 0.365. The summed E-state index contributed by atoms with van der Waals surface area (Å²) in [6.45, 7) is 0.496. The molecule has 3 aromatic heterocycles. The van der Waals surface area contributed by atoms with Crippen LogP contribution in [0.1, 0.15) is 21.9 Å². The molecule has 0 saturated carbocycles. The molecule has 0 atom stereocenters. The molecule has 0 bridgehead atoms.